The summed E-state index contributed by atoms with van der Waals surface area (Å²) in [7, 11) is 8.22. The van der Waals surface area contributed by atoms with Crippen LogP contribution < -0.4 is 9.80 Å². The molecule has 2 aromatic rings. The van der Waals surface area contributed by atoms with Crippen molar-refractivity contribution in [2.45, 2.75) is 43.7 Å². The maximum Gasteiger partial charge on any atom is 0.149 e. The fourth-order valence-corrected chi connectivity index (χ4v) is 5.00. The first kappa shape index (κ1) is 19.8. The molecule has 0 amide bonds. The van der Waals surface area contributed by atoms with Crippen LogP contribution >= 0.6 is 0 Å². The average Bonchev–Trinajstić information content (AvgIpc) is 3.37. The summed E-state index contributed by atoms with van der Waals surface area (Å²) in [5.41, 5.74) is 3.40. The van der Waals surface area contributed by atoms with Gasteiger partial charge in [0.05, 0.1) is 6.61 Å². The molecule has 0 N–H and O–H groups in total. The highest BCUT2D eigenvalue weighted by Crippen LogP contribution is 2.56. The Morgan fingerprint density at radius 3 is 1.87 bits per heavy atom. The zero-order valence-corrected chi connectivity index (χ0v) is 18.6. The van der Waals surface area contributed by atoms with Crippen LogP contribution in [0.3, 0.4) is 0 Å². The van der Waals surface area contributed by atoms with E-state index in [-0.39, 0.29) is 18.7 Å². The van der Waals surface area contributed by atoms with E-state index >= 15 is 0 Å². The summed E-state index contributed by atoms with van der Waals surface area (Å²) in [5, 5.41) is 0. The molecule has 6 nitrogen and oxygen atoms in total. The van der Waals surface area contributed by atoms with Crippen LogP contribution in [0.15, 0.2) is 48.5 Å². The summed E-state index contributed by atoms with van der Waals surface area (Å²) in [6.45, 7) is 4.84. The van der Waals surface area contributed by atoms with Crippen LogP contribution in [0.25, 0.3) is 0 Å². The summed E-state index contributed by atoms with van der Waals surface area (Å²) in [5.74, 6) is 0. The zero-order valence-electron chi connectivity index (χ0n) is 18.6. The molecule has 30 heavy (non-hydrogen) atoms. The van der Waals surface area contributed by atoms with Crippen molar-refractivity contribution in [2.75, 3.05) is 44.6 Å². The third-order valence-corrected chi connectivity index (χ3v) is 6.82. The van der Waals surface area contributed by atoms with Crippen molar-refractivity contribution >= 4 is 11.4 Å². The van der Waals surface area contributed by atoms with Gasteiger partial charge in [-0.1, -0.05) is 24.3 Å². The SMILES string of the molecule is CN(C)c1cccc([C@]2(C)O[C@@H]3N4[C@H](CO[C@H]42)O[C@]3(C)c2cccc(N(C)C)c2)c1. The second-order valence-corrected chi connectivity index (χ2v) is 9.28. The summed E-state index contributed by atoms with van der Waals surface area (Å²) in [4.78, 5) is 6.51. The van der Waals surface area contributed by atoms with Gasteiger partial charge in [-0.3, -0.25) is 0 Å². The Morgan fingerprint density at radius 2 is 1.33 bits per heavy atom. The minimum atomic E-state index is -0.574. The number of rotatable bonds is 4. The van der Waals surface area contributed by atoms with E-state index in [2.05, 4.69) is 105 Å². The van der Waals surface area contributed by atoms with E-state index in [0.717, 1.165) is 22.5 Å². The molecule has 0 saturated carbocycles. The van der Waals surface area contributed by atoms with Crippen LogP contribution in [0, 0.1) is 0 Å². The van der Waals surface area contributed by atoms with Crippen LogP contribution in [0.4, 0.5) is 11.4 Å². The van der Waals surface area contributed by atoms with Gasteiger partial charge in [0.2, 0.25) is 0 Å². The van der Waals surface area contributed by atoms with E-state index in [4.69, 9.17) is 14.2 Å². The Labute approximate surface area is 178 Å². The molecule has 0 aromatic heterocycles. The Hall–Kier alpha value is -2.12. The highest BCUT2D eigenvalue weighted by molar-refractivity contribution is 5.50. The fourth-order valence-electron chi connectivity index (χ4n) is 5.00. The minimum absolute atomic E-state index is 0.105. The second-order valence-electron chi connectivity index (χ2n) is 9.28. The molecular formula is C24H31N3O3. The third-order valence-electron chi connectivity index (χ3n) is 6.82. The van der Waals surface area contributed by atoms with Crippen molar-refractivity contribution in [3.05, 3.63) is 59.7 Å². The number of hydrogen-bond donors (Lipinski definition) is 0. The van der Waals surface area contributed by atoms with Gasteiger partial charge in [0.1, 0.15) is 29.9 Å². The van der Waals surface area contributed by atoms with Crippen molar-refractivity contribution < 1.29 is 14.2 Å². The maximum absolute atomic E-state index is 6.84. The Kier molecular flexibility index (Phi) is 4.42. The highest BCUT2D eigenvalue weighted by atomic mass is 16.7. The number of benzene rings is 2. The second kappa shape index (κ2) is 6.69. The molecule has 3 heterocycles. The maximum atomic E-state index is 6.84. The largest absolute Gasteiger partial charge is 0.378 e. The molecule has 6 heteroatoms. The molecular weight excluding hydrogens is 378 g/mol. The fraction of sp³-hybridized carbons (Fsp3) is 0.500. The summed E-state index contributed by atoms with van der Waals surface area (Å²) >= 11 is 0. The lowest BCUT2D eigenvalue weighted by molar-refractivity contribution is -0.138. The van der Waals surface area contributed by atoms with Gasteiger partial charge < -0.3 is 24.0 Å². The van der Waals surface area contributed by atoms with Crippen molar-refractivity contribution in [2.24, 2.45) is 0 Å². The average molecular weight is 410 g/mol. The lowest BCUT2D eigenvalue weighted by Crippen LogP contribution is -2.40. The first-order valence-electron chi connectivity index (χ1n) is 10.5. The molecule has 5 atom stereocenters. The van der Waals surface area contributed by atoms with Gasteiger partial charge in [-0.15, -0.1) is 0 Å². The van der Waals surface area contributed by atoms with Gasteiger partial charge in [0.15, 0.2) is 0 Å². The van der Waals surface area contributed by atoms with Crippen molar-refractivity contribution in [1.82, 2.24) is 4.90 Å². The number of anilines is 2. The quantitative estimate of drug-likeness (QED) is 0.771. The zero-order chi connectivity index (χ0) is 21.3. The monoisotopic (exact) mass is 409 g/mol. The van der Waals surface area contributed by atoms with E-state index in [1.165, 1.54) is 0 Å². The van der Waals surface area contributed by atoms with Gasteiger partial charge in [-0.25, -0.2) is 4.90 Å². The van der Waals surface area contributed by atoms with E-state index in [1.807, 2.05) is 0 Å². The van der Waals surface area contributed by atoms with Crippen LogP contribution in [0.5, 0.6) is 0 Å². The molecule has 3 aliphatic heterocycles. The highest BCUT2D eigenvalue weighted by Gasteiger charge is 2.68. The lowest BCUT2D eigenvalue weighted by Gasteiger charge is -2.33. The van der Waals surface area contributed by atoms with Gasteiger partial charge in [0.25, 0.3) is 0 Å². The Bertz CT molecular complexity index is 913. The van der Waals surface area contributed by atoms with Crippen molar-refractivity contribution in [3.8, 4) is 0 Å². The van der Waals surface area contributed by atoms with E-state index in [1.54, 1.807) is 0 Å². The topological polar surface area (TPSA) is 37.4 Å². The first-order valence-corrected chi connectivity index (χ1v) is 10.5. The predicted octanol–water partition coefficient (Wildman–Crippen LogP) is 3.32. The van der Waals surface area contributed by atoms with E-state index < -0.39 is 11.2 Å². The van der Waals surface area contributed by atoms with Crippen molar-refractivity contribution in [1.29, 1.82) is 0 Å². The van der Waals surface area contributed by atoms with Gasteiger partial charge in [-0.2, -0.15) is 0 Å². The molecule has 0 radical (unpaired) electrons. The van der Waals surface area contributed by atoms with Crippen LogP contribution in [0.1, 0.15) is 25.0 Å². The first-order chi connectivity index (χ1) is 14.2. The molecule has 0 spiro atoms. The summed E-state index contributed by atoms with van der Waals surface area (Å²) in [6, 6.07) is 17.1. The molecule has 5 rings (SSSR count). The standard InChI is InChI=1S/C24H31N3O3/c1-23(16-9-7-11-18(13-16)25(3)4)21-27-20(15-28-21)29-24(2,22(27)30-23)17-10-8-12-19(14-17)26(5)6/h7-14,20-22H,15H2,1-6H3/t20-,21-,22-,23-,24+/m0/s1. The Balaban J connectivity index is 1.55. The predicted molar refractivity (Wildman–Crippen MR) is 118 cm³/mol. The van der Waals surface area contributed by atoms with Gasteiger partial charge in [-0.05, 0) is 49.2 Å². The number of hydrogen-bond acceptors (Lipinski definition) is 6. The molecule has 3 saturated heterocycles. The van der Waals surface area contributed by atoms with Gasteiger partial charge in [0, 0.05) is 39.6 Å². The molecule has 0 aliphatic carbocycles. The molecule has 0 bridgehead atoms. The summed E-state index contributed by atoms with van der Waals surface area (Å²) < 4.78 is 19.6. The number of ether oxygens (including phenoxy) is 3. The van der Waals surface area contributed by atoms with Crippen molar-refractivity contribution in [3.63, 3.8) is 0 Å². The van der Waals surface area contributed by atoms with Crippen LogP contribution in [0.2, 0.25) is 0 Å². The summed E-state index contributed by atoms with van der Waals surface area (Å²) in [6.07, 6.45) is -0.504. The molecule has 160 valence electrons. The lowest BCUT2D eigenvalue weighted by atomic mass is 9.93. The smallest absolute Gasteiger partial charge is 0.149 e. The van der Waals surface area contributed by atoms with Crippen LogP contribution in [-0.4, -0.2) is 58.4 Å². The van der Waals surface area contributed by atoms with E-state index in [9.17, 15) is 0 Å². The van der Waals surface area contributed by atoms with Gasteiger partial charge >= 0.3 is 0 Å². The molecule has 0 unspecified atom stereocenters. The number of nitrogens with zero attached hydrogens (tertiary/aromatic N) is 3. The molecule has 3 fully saturated rings. The third kappa shape index (κ3) is 2.71. The van der Waals surface area contributed by atoms with E-state index in [0.29, 0.717) is 6.61 Å². The molecule has 2 aromatic carbocycles. The normalized spacial score (nSPS) is 34.9. The molecule has 3 aliphatic rings. The minimum Gasteiger partial charge on any atom is -0.378 e. The Morgan fingerprint density at radius 1 is 0.800 bits per heavy atom. The van der Waals surface area contributed by atoms with Crippen LogP contribution in [-0.2, 0) is 25.4 Å².